The Balaban J connectivity index is 2.77. The molecule has 0 fully saturated rings. The molecule has 1 unspecified atom stereocenters. The van der Waals surface area contributed by atoms with Crippen LogP contribution in [0, 0.1) is 6.92 Å². The zero-order chi connectivity index (χ0) is 11.3. The molecular weight excluding hydrogens is 188 g/mol. The highest BCUT2D eigenvalue weighted by molar-refractivity contribution is 5.54. The molecule has 0 spiro atoms. The molecule has 1 heterocycles. The summed E-state index contributed by atoms with van der Waals surface area (Å²) < 4.78 is 5.21. The first kappa shape index (κ1) is 11.8. The van der Waals surface area contributed by atoms with Crippen molar-refractivity contribution in [1.82, 2.24) is 4.98 Å². The van der Waals surface area contributed by atoms with Gasteiger partial charge in [0, 0.05) is 12.2 Å². The van der Waals surface area contributed by atoms with Crippen molar-refractivity contribution in [3.05, 3.63) is 17.8 Å². The summed E-state index contributed by atoms with van der Waals surface area (Å²) in [7, 11) is 1.65. The molecule has 0 saturated heterocycles. The highest BCUT2D eigenvalue weighted by Crippen LogP contribution is 2.23. The third-order valence-corrected chi connectivity index (χ3v) is 2.30. The Bertz CT molecular complexity index is 312. The van der Waals surface area contributed by atoms with Gasteiger partial charge in [-0.05, 0) is 31.9 Å². The standard InChI is InChI=1S/C12H20N2O/c1-5-6-10(3)14-11-7-9(2)8-13-12(11)15-4/h7-8,10,14H,5-6H2,1-4H3. The van der Waals surface area contributed by atoms with E-state index in [1.807, 2.05) is 13.1 Å². The lowest BCUT2D eigenvalue weighted by molar-refractivity contribution is 0.399. The molecule has 0 aliphatic carbocycles. The Labute approximate surface area is 91.9 Å². The van der Waals surface area contributed by atoms with E-state index in [0.717, 1.165) is 17.7 Å². The maximum Gasteiger partial charge on any atom is 0.237 e. The van der Waals surface area contributed by atoms with Gasteiger partial charge in [0.25, 0.3) is 0 Å². The largest absolute Gasteiger partial charge is 0.480 e. The van der Waals surface area contributed by atoms with Gasteiger partial charge in [0.2, 0.25) is 5.88 Å². The summed E-state index contributed by atoms with van der Waals surface area (Å²) >= 11 is 0. The molecule has 15 heavy (non-hydrogen) atoms. The fourth-order valence-corrected chi connectivity index (χ4v) is 1.59. The normalized spacial score (nSPS) is 12.3. The molecule has 1 N–H and O–H groups in total. The zero-order valence-electron chi connectivity index (χ0n) is 10.0. The number of methoxy groups -OCH3 is 1. The Morgan fingerprint density at radius 2 is 2.27 bits per heavy atom. The summed E-state index contributed by atoms with van der Waals surface area (Å²) in [5.74, 6) is 0.670. The minimum Gasteiger partial charge on any atom is -0.480 e. The monoisotopic (exact) mass is 208 g/mol. The van der Waals surface area contributed by atoms with E-state index in [1.54, 1.807) is 7.11 Å². The topological polar surface area (TPSA) is 34.2 Å². The van der Waals surface area contributed by atoms with Crippen molar-refractivity contribution in [2.24, 2.45) is 0 Å². The quantitative estimate of drug-likeness (QED) is 0.807. The summed E-state index contributed by atoms with van der Waals surface area (Å²) in [4.78, 5) is 4.23. The van der Waals surface area contributed by atoms with Crippen molar-refractivity contribution < 1.29 is 4.74 Å². The maximum absolute atomic E-state index is 5.21. The smallest absolute Gasteiger partial charge is 0.237 e. The summed E-state index contributed by atoms with van der Waals surface area (Å²) in [6.45, 7) is 6.39. The van der Waals surface area contributed by atoms with Gasteiger partial charge in [-0.15, -0.1) is 0 Å². The van der Waals surface area contributed by atoms with Crippen molar-refractivity contribution in [2.45, 2.75) is 39.7 Å². The molecule has 0 radical (unpaired) electrons. The first-order valence-corrected chi connectivity index (χ1v) is 5.44. The van der Waals surface area contributed by atoms with Crippen LogP contribution in [0.4, 0.5) is 5.69 Å². The van der Waals surface area contributed by atoms with Gasteiger partial charge in [-0.3, -0.25) is 0 Å². The Kier molecular flexibility index (Phi) is 4.40. The van der Waals surface area contributed by atoms with Crippen molar-refractivity contribution in [3.63, 3.8) is 0 Å². The van der Waals surface area contributed by atoms with E-state index in [4.69, 9.17) is 4.74 Å². The summed E-state index contributed by atoms with van der Waals surface area (Å²) in [6, 6.07) is 2.52. The summed E-state index contributed by atoms with van der Waals surface area (Å²) in [5, 5.41) is 3.42. The van der Waals surface area contributed by atoms with Crippen LogP contribution in [0.25, 0.3) is 0 Å². The van der Waals surface area contributed by atoms with Gasteiger partial charge >= 0.3 is 0 Å². The second kappa shape index (κ2) is 5.59. The second-order valence-electron chi connectivity index (χ2n) is 3.90. The SMILES string of the molecule is CCCC(C)Nc1cc(C)cnc1OC. The Morgan fingerprint density at radius 3 is 2.87 bits per heavy atom. The van der Waals surface area contributed by atoms with Crippen LogP contribution in [0.3, 0.4) is 0 Å². The Hall–Kier alpha value is -1.25. The van der Waals surface area contributed by atoms with Crippen LogP contribution >= 0.6 is 0 Å². The average molecular weight is 208 g/mol. The molecule has 3 heteroatoms. The third-order valence-electron chi connectivity index (χ3n) is 2.30. The van der Waals surface area contributed by atoms with Crippen LogP contribution in [0.1, 0.15) is 32.3 Å². The highest BCUT2D eigenvalue weighted by Gasteiger charge is 2.07. The van der Waals surface area contributed by atoms with Gasteiger partial charge in [0.05, 0.1) is 12.8 Å². The van der Waals surface area contributed by atoms with E-state index in [1.165, 1.54) is 6.42 Å². The number of aromatic nitrogens is 1. The lowest BCUT2D eigenvalue weighted by Crippen LogP contribution is -2.15. The molecule has 0 aliphatic rings. The number of rotatable bonds is 5. The van der Waals surface area contributed by atoms with Crippen molar-refractivity contribution >= 4 is 5.69 Å². The molecule has 1 rings (SSSR count). The molecule has 84 valence electrons. The number of hydrogen-bond donors (Lipinski definition) is 1. The van der Waals surface area contributed by atoms with E-state index in [2.05, 4.69) is 30.2 Å². The minimum absolute atomic E-state index is 0.451. The first-order chi connectivity index (χ1) is 7.17. The lowest BCUT2D eigenvalue weighted by atomic mass is 10.2. The van der Waals surface area contributed by atoms with E-state index in [-0.39, 0.29) is 0 Å². The molecule has 3 nitrogen and oxygen atoms in total. The highest BCUT2D eigenvalue weighted by atomic mass is 16.5. The number of hydrogen-bond acceptors (Lipinski definition) is 3. The first-order valence-electron chi connectivity index (χ1n) is 5.44. The molecule has 1 atom stereocenters. The van der Waals surface area contributed by atoms with Crippen LogP contribution in [0.5, 0.6) is 5.88 Å². The molecule has 0 aromatic carbocycles. The van der Waals surface area contributed by atoms with Gasteiger partial charge in [-0.25, -0.2) is 4.98 Å². The van der Waals surface area contributed by atoms with Gasteiger partial charge < -0.3 is 10.1 Å². The van der Waals surface area contributed by atoms with Crippen molar-refractivity contribution in [3.8, 4) is 5.88 Å². The van der Waals surface area contributed by atoms with Crippen LogP contribution in [-0.2, 0) is 0 Å². The van der Waals surface area contributed by atoms with E-state index < -0.39 is 0 Å². The van der Waals surface area contributed by atoms with Gasteiger partial charge in [-0.1, -0.05) is 13.3 Å². The number of nitrogens with one attached hydrogen (secondary N) is 1. The van der Waals surface area contributed by atoms with E-state index in [0.29, 0.717) is 11.9 Å². The van der Waals surface area contributed by atoms with Crippen LogP contribution in [0.15, 0.2) is 12.3 Å². The molecule has 0 aliphatic heterocycles. The molecule has 0 amide bonds. The predicted molar refractivity (Wildman–Crippen MR) is 63.5 cm³/mol. The third kappa shape index (κ3) is 3.42. The molecule has 1 aromatic heterocycles. The molecular formula is C12H20N2O. The van der Waals surface area contributed by atoms with Crippen LogP contribution in [0.2, 0.25) is 0 Å². The second-order valence-corrected chi connectivity index (χ2v) is 3.90. The Morgan fingerprint density at radius 1 is 1.53 bits per heavy atom. The number of ether oxygens (including phenoxy) is 1. The summed E-state index contributed by atoms with van der Waals surface area (Å²) in [5.41, 5.74) is 2.13. The van der Waals surface area contributed by atoms with Crippen LogP contribution < -0.4 is 10.1 Å². The molecule has 0 saturated carbocycles. The fraction of sp³-hybridized carbons (Fsp3) is 0.583. The number of nitrogens with zero attached hydrogens (tertiary/aromatic N) is 1. The van der Waals surface area contributed by atoms with Crippen LogP contribution in [-0.4, -0.2) is 18.1 Å². The zero-order valence-corrected chi connectivity index (χ0v) is 10.0. The maximum atomic E-state index is 5.21. The number of aryl methyl sites for hydroxylation is 1. The molecule has 1 aromatic rings. The fourth-order valence-electron chi connectivity index (χ4n) is 1.59. The van der Waals surface area contributed by atoms with Gasteiger partial charge in [0.15, 0.2) is 0 Å². The minimum atomic E-state index is 0.451. The lowest BCUT2D eigenvalue weighted by Gasteiger charge is -2.16. The van der Waals surface area contributed by atoms with E-state index >= 15 is 0 Å². The van der Waals surface area contributed by atoms with Gasteiger partial charge in [-0.2, -0.15) is 0 Å². The summed E-state index contributed by atoms with van der Waals surface area (Å²) in [6.07, 6.45) is 4.14. The van der Waals surface area contributed by atoms with Gasteiger partial charge in [0.1, 0.15) is 0 Å². The van der Waals surface area contributed by atoms with Crippen molar-refractivity contribution in [2.75, 3.05) is 12.4 Å². The number of anilines is 1. The average Bonchev–Trinajstić information content (AvgIpc) is 2.18. The molecule has 0 bridgehead atoms. The predicted octanol–water partition coefficient (Wildman–Crippen LogP) is 3.00. The number of pyridine rings is 1. The van der Waals surface area contributed by atoms with Crippen molar-refractivity contribution in [1.29, 1.82) is 0 Å². The van der Waals surface area contributed by atoms with E-state index in [9.17, 15) is 0 Å².